The number of aromatic amines is 1. The summed E-state index contributed by atoms with van der Waals surface area (Å²) in [6.45, 7) is 5.37. The first-order valence-electron chi connectivity index (χ1n) is 6.19. The second-order valence-corrected chi connectivity index (χ2v) is 4.98. The predicted molar refractivity (Wildman–Crippen MR) is 65.0 cm³/mol. The molecule has 1 aliphatic rings. The first kappa shape index (κ1) is 13.9. The molecule has 0 aliphatic carbocycles. The third kappa shape index (κ3) is 2.75. The van der Waals surface area contributed by atoms with Crippen LogP contribution in [0.1, 0.15) is 38.1 Å². The first-order chi connectivity index (χ1) is 8.90. The van der Waals surface area contributed by atoms with Gasteiger partial charge in [-0.2, -0.15) is 5.10 Å². The molecule has 0 bridgehead atoms. The summed E-state index contributed by atoms with van der Waals surface area (Å²) in [7, 11) is 0. The van der Waals surface area contributed by atoms with E-state index in [1.807, 2.05) is 13.8 Å². The van der Waals surface area contributed by atoms with Gasteiger partial charge in [0.25, 0.3) is 12.3 Å². The van der Waals surface area contributed by atoms with Crippen LogP contribution in [0.5, 0.6) is 0 Å². The Kier molecular flexibility index (Phi) is 3.84. The van der Waals surface area contributed by atoms with Gasteiger partial charge in [0.2, 0.25) is 0 Å². The van der Waals surface area contributed by atoms with E-state index in [-0.39, 0.29) is 17.7 Å². The fourth-order valence-electron chi connectivity index (χ4n) is 2.37. The maximum atomic E-state index is 12.7. The van der Waals surface area contributed by atoms with Gasteiger partial charge in [-0.05, 0) is 26.2 Å². The number of carbonyl (C=O) groups is 1. The van der Waals surface area contributed by atoms with E-state index in [9.17, 15) is 13.6 Å². The number of hydrogen-bond donors (Lipinski definition) is 2. The van der Waals surface area contributed by atoms with Crippen molar-refractivity contribution in [3.05, 3.63) is 11.4 Å². The maximum absolute atomic E-state index is 12.7. The van der Waals surface area contributed by atoms with Gasteiger partial charge in [-0.3, -0.25) is 9.89 Å². The Hall–Kier alpha value is -1.50. The van der Waals surface area contributed by atoms with Gasteiger partial charge in [-0.15, -0.1) is 0 Å². The number of H-pyrrole nitrogens is 1. The van der Waals surface area contributed by atoms with Gasteiger partial charge in [0.1, 0.15) is 6.10 Å². The molecule has 3 atom stereocenters. The molecule has 7 heteroatoms. The molecule has 1 amide bonds. The lowest BCUT2D eigenvalue weighted by atomic mass is 10.0. The van der Waals surface area contributed by atoms with E-state index in [0.717, 1.165) is 6.42 Å². The molecule has 1 aliphatic heterocycles. The number of anilines is 1. The van der Waals surface area contributed by atoms with Gasteiger partial charge in [0.05, 0.1) is 17.5 Å². The smallest absolute Gasteiger partial charge is 0.284 e. The Bertz CT molecular complexity index is 476. The normalized spacial score (nSPS) is 26.9. The minimum Gasteiger partial charge on any atom is -0.365 e. The summed E-state index contributed by atoms with van der Waals surface area (Å²) in [6, 6.07) is 0. The largest absolute Gasteiger partial charge is 0.365 e. The van der Waals surface area contributed by atoms with E-state index < -0.39 is 24.1 Å². The van der Waals surface area contributed by atoms with Crippen molar-refractivity contribution in [1.29, 1.82) is 0 Å². The summed E-state index contributed by atoms with van der Waals surface area (Å²) in [4.78, 5) is 12.1. The van der Waals surface area contributed by atoms with E-state index in [4.69, 9.17) is 4.74 Å². The third-order valence-electron chi connectivity index (χ3n) is 3.29. The molecule has 106 valence electrons. The number of rotatable bonds is 3. The highest BCUT2D eigenvalue weighted by Gasteiger charge is 2.36. The van der Waals surface area contributed by atoms with E-state index in [1.165, 1.54) is 0 Å². The van der Waals surface area contributed by atoms with E-state index >= 15 is 0 Å². The Balaban J connectivity index is 2.13. The van der Waals surface area contributed by atoms with Crippen molar-refractivity contribution < 1.29 is 18.3 Å². The van der Waals surface area contributed by atoms with E-state index in [2.05, 4.69) is 15.5 Å². The number of hydrogen-bond acceptors (Lipinski definition) is 3. The van der Waals surface area contributed by atoms with Crippen molar-refractivity contribution in [2.24, 2.45) is 5.92 Å². The number of aryl methyl sites for hydroxylation is 1. The lowest BCUT2D eigenvalue weighted by Crippen LogP contribution is -2.32. The summed E-state index contributed by atoms with van der Waals surface area (Å²) in [6.07, 6.45) is -2.55. The van der Waals surface area contributed by atoms with Crippen molar-refractivity contribution >= 4 is 11.6 Å². The highest BCUT2D eigenvalue weighted by atomic mass is 19.3. The number of nitrogens with one attached hydrogen (secondary N) is 2. The van der Waals surface area contributed by atoms with Crippen LogP contribution in [0.3, 0.4) is 0 Å². The zero-order valence-corrected chi connectivity index (χ0v) is 11.0. The molecular formula is C12H17F2N3O2. The molecule has 0 aromatic carbocycles. The lowest BCUT2D eigenvalue weighted by Gasteiger charge is -2.15. The van der Waals surface area contributed by atoms with Crippen molar-refractivity contribution in [2.45, 2.75) is 45.8 Å². The fourth-order valence-corrected chi connectivity index (χ4v) is 2.37. The fraction of sp³-hybridized carbons (Fsp3) is 0.667. The molecule has 3 unspecified atom stereocenters. The van der Waals surface area contributed by atoms with Crippen LogP contribution in [-0.2, 0) is 9.53 Å². The molecular weight excluding hydrogens is 256 g/mol. The molecule has 2 heterocycles. The van der Waals surface area contributed by atoms with Crippen molar-refractivity contribution in [3.63, 3.8) is 0 Å². The summed E-state index contributed by atoms with van der Waals surface area (Å²) < 4.78 is 31.0. The Morgan fingerprint density at radius 1 is 1.53 bits per heavy atom. The van der Waals surface area contributed by atoms with Gasteiger partial charge in [0, 0.05) is 0 Å². The van der Waals surface area contributed by atoms with Gasteiger partial charge in [-0.1, -0.05) is 6.92 Å². The van der Waals surface area contributed by atoms with Crippen LogP contribution >= 0.6 is 0 Å². The quantitative estimate of drug-likeness (QED) is 0.888. The second-order valence-electron chi connectivity index (χ2n) is 4.98. The number of ether oxygens (including phenoxy) is 1. The Labute approximate surface area is 109 Å². The molecule has 19 heavy (non-hydrogen) atoms. The van der Waals surface area contributed by atoms with Crippen LogP contribution < -0.4 is 5.32 Å². The molecule has 1 aromatic heterocycles. The molecule has 1 saturated heterocycles. The monoisotopic (exact) mass is 273 g/mol. The van der Waals surface area contributed by atoms with Crippen LogP contribution in [-0.4, -0.2) is 28.3 Å². The number of aromatic nitrogens is 2. The average molecular weight is 273 g/mol. The molecule has 2 rings (SSSR count). The van der Waals surface area contributed by atoms with Crippen LogP contribution in [0, 0.1) is 12.8 Å². The maximum Gasteiger partial charge on any atom is 0.284 e. The van der Waals surface area contributed by atoms with Crippen molar-refractivity contribution in [1.82, 2.24) is 10.2 Å². The van der Waals surface area contributed by atoms with Crippen LogP contribution in [0.15, 0.2) is 0 Å². The van der Waals surface area contributed by atoms with Crippen LogP contribution in [0.2, 0.25) is 0 Å². The second kappa shape index (κ2) is 5.24. The summed E-state index contributed by atoms with van der Waals surface area (Å²) in [5.74, 6) is -0.333. The van der Waals surface area contributed by atoms with Crippen LogP contribution in [0.4, 0.5) is 14.5 Å². The Morgan fingerprint density at radius 3 is 2.74 bits per heavy atom. The zero-order valence-electron chi connectivity index (χ0n) is 11.0. The highest BCUT2D eigenvalue weighted by Crippen LogP contribution is 2.30. The van der Waals surface area contributed by atoms with Crippen molar-refractivity contribution in [2.75, 3.05) is 5.32 Å². The highest BCUT2D eigenvalue weighted by molar-refractivity contribution is 5.95. The lowest BCUT2D eigenvalue weighted by molar-refractivity contribution is -0.127. The molecule has 0 radical (unpaired) electrons. The summed E-state index contributed by atoms with van der Waals surface area (Å²) in [5.41, 5.74) is 0.0160. The molecule has 0 saturated carbocycles. The number of amides is 1. The van der Waals surface area contributed by atoms with Crippen molar-refractivity contribution in [3.8, 4) is 0 Å². The number of nitrogens with zero attached hydrogens (tertiary/aromatic N) is 1. The van der Waals surface area contributed by atoms with Crippen LogP contribution in [0.25, 0.3) is 0 Å². The van der Waals surface area contributed by atoms with Gasteiger partial charge < -0.3 is 10.1 Å². The number of halogens is 2. The van der Waals surface area contributed by atoms with E-state index in [1.54, 1.807) is 6.92 Å². The standard InChI is InChI=1S/C12H17F2N3O2/c1-5-4-6(2)19-10(5)12(18)15-8-7(3)16-17-9(8)11(13)14/h5-6,10-11H,4H2,1-3H3,(H,15,18)(H,16,17). The topological polar surface area (TPSA) is 67.0 Å². The molecule has 1 aromatic rings. The zero-order chi connectivity index (χ0) is 14.2. The minimum absolute atomic E-state index is 0.00534. The molecule has 5 nitrogen and oxygen atoms in total. The first-order valence-corrected chi connectivity index (χ1v) is 6.19. The van der Waals surface area contributed by atoms with Gasteiger partial charge in [0.15, 0.2) is 5.69 Å². The summed E-state index contributed by atoms with van der Waals surface area (Å²) in [5, 5.41) is 8.44. The third-order valence-corrected chi connectivity index (χ3v) is 3.29. The average Bonchev–Trinajstić information content (AvgIpc) is 2.83. The van der Waals surface area contributed by atoms with Gasteiger partial charge >= 0.3 is 0 Å². The SMILES string of the molecule is Cc1[nH]nc(C(F)F)c1NC(=O)C1OC(C)CC1C. The number of carbonyl (C=O) groups excluding carboxylic acids is 1. The predicted octanol–water partition coefficient (Wildman–Crippen LogP) is 2.41. The van der Waals surface area contributed by atoms with E-state index in [0.29, 0.717) is 5.69 Å². The molecule has 2 N–H and O–H groups in total. The summed E-state index contributed by atoms with van der Waals surface area (Å²) >= 11 is 0. The molecule has 0 spiro atoms. The van der Waals surface area contributed by atoms with Gasteiger partial charge in [-0.25, -0.2) is 8.78 Å². The number of alkyl halides is 2. The Morgan fingerprint density at radius 2 is 2.21 bits per heavy atom. The molecule has 1 fully saturated rings. The minimum atomic E-state index is -2.74.